The van der Waals surface area contributed by atoms with Crippen molar-refractivity contribution in [3.8, 4) is 11.3 Å². The predicted molar refractivity (Wildman–Crippen MR) is 93.0 cm³/mol. The van der Waals surface area contributed by atoms with Crippen LogP contribution in [0.2, 0.25) is 0 Å². The van der Waals surface area contributed by atoms with E-state index < -0.39 is 5.91 Å². The van der Waals surface area contributed by atoms with Crippen LogP contribution >= 0.6 is 0 Å². The summed E-state index contributed by atoms with van der Waals surface area (Å²) in [6, 6.07) is 7.24. The van der Waals surface area contributed by atoms with Gasteiger partial charge in [-0.15, -0.1) is 0 Å². The fraction of sp³-hybridized carbons (Fsp3) is 0.444. The van der Waals surface area contributed by atoms with Crippen LogP contribution in [-0.2, 0) is 7.05 Å². The molecule has 0 bridgehead atoms. The number of aryl methyl sites for hydroxylation is 1. The maximum absolute atomic E-state index is 12.4. The summed E-state index contributed by atoms with van der Waals surface area (Å²) in [7, 11) is 1.76. The van der Waals surface area contributed by atoms with Gasteiger partial charge in [0, 0.05) is 24.1 Å². The maximum Gasteiger partial charge on any atom is 0.313 e. The molecule has 0 atom stereocenters. The van der Waals surface area contributed by atoms with E-state index in [0.717, 1.165) is 25.2 Å². The molecule has 0 aliphatic carbocycles. The Bertz CT molecular complexity index is 760. The van der Waals surface area contributed by atoms with E-state index in [0.29, 0.717) is 17.7 Å². The molecule has 2 aromatic rings. The van der Waals surface area contributed by atoms with Gasteiger partial charge in [-0.25, -0.2) is 0 Å². The number of carbonyl (C=O) groups excluding carboxylic acids is 2. The Balaban J connectivity index is 1.68. The Labute approximate surface area is 146 Å². The standard InChI is InChI=1S/C18H23N5O2/c1-22-17(16(18(19)25)20-21-22)14-7-5-13(6-8-14)15(24)9-12-23-10-3-2-4-11-23/h5-8H,2-4,9-12H2,1H3,(H2,19,25)/p+1. The summed E-state index contributed by atoms with van der Waals surface area (Å²) in [5.74, 6) is -0.447. The lowest BCUT2D eigenvalue weighted by molar-refractivity contribution is -0.720. The van der Waals surface area contributed by atoms with Crippen molar-refractivity contribution in [2.75, 3.05) is 19.6 Å². The fourth-order valence-corrected chi connectivity index (χ4v) is 3.29. The van der Waals surface area contributed by atoms with Gasteiger partial charge in [0.05, 0.1) is 5.10 Å². The number of aromatic nitrogens is 3. The molecule has 1 fully saturated rings. The highest BCUT2D eigenvalue weighted by Gasteiger charge is 2.25. The van der Waals surface area contributed by atoms with E-state index in [-0.39, 0.29) is 11.5 Å². The van der Waals surface area contributed by atoms with Crippen molar-refractivity contribution >= 4 is 11.7 Å². The van der Waals surface area contributed by atoms with Gasteiger partial charge in [0.15, 0.2) is 5.78 Å². The number of hydrogen-bond acceptors (Lipinski definition) is 4. The number of likely N-dealkylation sites (tertiary alicyclic amines) is 1. The van der Waals surface area contributed by atoms with Gasteiger partial charge in [0.2, 0.25) is 5.69 Å². The smallest absolute Gasteiger partial charge is 0.313 e. The fourth-order valence-electron chi connectivity index (χ4n) is 3.29. The van der Waals surface area contributed by atoms with Crippen molar-refractivity contribution in [3.63, 3.8) is 0 Å². The van der Waals surface area contributed by atoms with Crippen molar-refractivity contribution in [1.82, 2.24) is 15.2 Å². The van der Waals surface area contributed by atoms with Crippen LogP contribution in [0.1, 0.15) is 46.5 Å². The van der Waals surface area contributed by atoms with Gasteiger partial charge in [-0.1, -0.05) is 23.8 Å². The Kier molecular flexibility index (Phi) is 5.23. The van der Waals surface area contributed by atoms with E-state index in [2.05, 4.69) is 15.2 Å². The molecule has 1 aliphatic heterocycles. The second-order valence-corrected chi connectivity index (χ2v) is 6.49. The molecule has 1 amide bonds. The quantitative estimate of drug-likeness (QED) is 0.606. The van der Waals surface area contributed by atoms with Crippen LogP contribution in [0, 0.1) is 0 Å². The molecular weight excluding hydrogens is 318 g/mol. The summed E-state index contributed by atoms with van der Waals surface area (Å²) in [6.07, 6.45) is 4.29. The molecule has 0 radical (unpaired) electrons. The van der Waals surface area contributed by atoms with Crippen molar-refractivity contribution in [2.24, 2.45) is 12.8 Å². The summed E-state index contributed by atoms with van der Waals surface area (Å²) in [4.78, 5) is 26.3. The van der Waals surface area contributed by atoms with E-state index in [1.165, 1.54) is 19.3 Å². The minimum absolute atomic E-state index is 0.142. The predicted octanol–water partition coefficient (Wildman–Crippen LogP) is 1.06. The lowest BCUT2D eigenvalue weighted by Gasteiger charge is -2.25. The van der Waals surface area contributed by atoms with Gasteiger partial charge in [0.1, 0.15) is 7.05 Å². The first-order chi connectivity index (χ1) is 12.1. The highest BCUT2D eigenvalue weighted by atomic mass is 16.1. The van der Waals surface area contributed by atoms with Crippen LogP contribution in [0.5, 0.6) is 0 Å². The van der Waals surface area contributed by atoms with Gasteiger partial charge in [0.25, 0.3) is 5.91 Å². The Morgan fingerprint density at radius 3 is 2.52 bits per heavy atom. The number of aromatic amines is 1. The maximum atomic E-state index is 12.4. The molecule has 25 heavy (non-hydrogen) atoms. The van der Waals surface area contributed by atoms with Crippen LogP contribution in [-0.4, -0.2) is 46.5 Å². The number of H-pyrrole nitrogens is 1. The van der Waals surface area contributed by atoms with E-state index in [9.17, 15) is 9.59 Å². The molecule has 1 saturated heterocycles. The third kappa shape index (κ3) is 3.93. The molecule has 132 valence electrons. The summed E-state index contributed by atoms with van der Waals surface area (Å²) in [6.45, 7) is 3.02. The minimum atomic E-state index is -0.589. The summed E-state index contributed by atoms with van der Waals surface area (Å²) >= 11 is 0. The minimum Gasteiger partial charge on any atom is -0.362 e. The molecule has 1 aromatic heterocycles. The number of hydrogen-bond donors (Lipinski definition) is 2. The number of primary amides is 1. The summed E-state index contributed by atoms with van der Waals surface area (Å²) in [5.41, 5.74) is 7.63. The molecule has 3 N–H and O–H groups in total. The van der Waals surface area contributed by atoms with Gasteiger partial charge in [-0.2, -0.15) is 4.68 Å². The first kappa shape index (κ1) is 17.3. The molecule has 0 spiro atoms. The number of nitrogens with zero attached hydrogens (tertiary/aromatic N) is 3. The summed E-state index contributed by atoms with van der Waals surface area (Å²) < 4.78 is 1.63. The molecule has 0 unspecified atom stereocenters. The highest BCUT2D eigenvalue weighted by Crippen LogP contribution is 2.19. The number of nitrogens with two attached hydrogens (primary N) is 1. The van der Waals surface area contributed by atoms with Crippen molar-refractivity contribution in [2.45, 2.75) is 25.7 Å². The van der Waals surface area contributed by atoms with Gasteiger partial charge in [-0.05, 0) is 38.1 Å². The number of benzene rings is 1. The Hall–Kier alpha value is -2.54. The normalized spacial score (nSPS) is 15.2. The number of piperidine rings is 1. The third-order valence-corrected chi connectivity index (χ3v) is 4.69. The topological polar surface area (TPSA) is 96.0 Å². The van der Waals surface area contributed by atoms with Crippen LogP contribution in [0.25, 0.3) is 11.3 Å². The van der Waals surface area contributed by atoms with E-state index >= 15 is 0 Å². The van der Waals surface area contributed by atoms with Crippen LogP contribution in [0.3, 0.4) is 0 Å². The number of carbonyl (C=O) groups is 2. The monoisotopic (exact) mass is 342 g/mol. The Morgan fingerprint density at radius 2 is 1.88 bits per heavy atom. The largest absolute Gasteiger partial charge is 0.362 e. The SMILES string of the molecule is C[n+]1[nH]nc(C(N)=O)c1-c1ccc(C(=O)CCN2CCCCC2)cc1. The molecule has 1 aromatic carbocycles. The zero-order chi connectivity index (χ0) is 17.8. The summed E-state index contributed by atoms with van der Waals surface area (Å²) in [5, 5.41) is 6.63. The zero-order valence-corrected chi connectivity index (χ0v) is 14.5. The second kappa shape index (κ2) is 7.57. The average molecular weight is 342 g/mol. The molecule has 7 nitrogen and oxygen atoms in total. The zero-order valence-electron chi connectivity index (χ0n) is 14.5. The molecular formula is C18H24N5O2+. The average Bonchev–Trinajstić information content (AvgIpc) is 3.02. The first-order valence-electron chi connectivity index (χ1n) is 8.66. The van der Waals surface area contributed by atoms with Crippen LogP contribution in [0.4, 0.5) is 0 Å². The van der Waals surface area contributed by atoms with Gasteiger partial charge >= 0.3 is 5.69 Å². The molecule has 2 heterocycles. The van der Waals surface area contributed by atoms with Crippen LogP contribution < -0.4 is 10.4 Å². The van der Waals surface area contributed by atoms with Gasteiger partial charge < -0.3 is 10.6 Å². The highest BCUT2D eigenvalue weighted by molar-refractivity contribution is 5.98. The number of Topliss-reactive ketones (excluding diaryl/α,β-unsaturated/α-hetero) is 1. The van der Waals surface area contributed by atoms with Crippen molar-refractivity contribution < 1.29 is 14.3 Å². The van der Waals surface area contributed by atoms with Gasteiger partial charge in [-0.3, -0.25) is 9.59 Å². The lowest BCUT2D eigenvalue weighted by Crippen LogP contribution is -2.33. The molecule has 7 heteroatoms. The van der Waals surface area contributed by atoms with Crippen molar-refractivity contribution in [3.05, 3.63) is 35.5 Å². The molecule has 0 saturated carbocycles. The number of ketones is 1. The second-order valence-electron chi connectivity index (χ2n) is 6.49. The number of nitrogens with one attached hydrogen (secondary N) is 1. The van der Waals surface area contributed by atoms with Crippen molar-refractivity contribution in [1.29, 1.82) is 0 Å². The molecule has 3 rings (SSSR count). The van der Waals surface area contributed by atoms with E-state index in [1.54, 1.807) is 23.9 Å². The lowest BCUT2D eigenvalue weighted by atomic mass is 10.0. The molecule has 1 aliphatic rings. The van der Waals surface area contributed by atoms with E-state index in [4.69, 9.17) is 5.73 Å². The Morgan fingerprint density at radius 1 is 1.20 bits per heavy atom. The number of amides is 1. The number of rotatable bonds is 6. The van der Waals surface area contributed by atoms with E-state index in [1.807, 2.05) is 12.1 Å². The van der Waals surface area contributed by atoms with Crippen LogP contribution in [0.15, 0.2) is 24.3 Å². The first-order valence-corrected chi connectivity index (χ1v) is 8.66. The third-order valence-electron chi connectivity index (χ3n) is 4.69.